The molecule has 1 aliphatic rings. The molecule has 0 spiro atoms. The van der Waals surface area contributed by atoms with Crippen molar-refractivity contribution < 1.29 is 4.39 Å². The first kappa shape index (κ1) is 15.5. The molecule has 1 fully saturated rings. The summed E-state index contributed by atoms with van der Waals surface area (Å²) < 4.78 is 13.9. The first-order valence-electron chi connectivity index (χ1n) is 7.78. The molecule has 0 bridgehead atoms. The van der Waals surface area contributed by atoms with Gasteiger partial charge in [0.05, 0.1) is 0 Å². The second kappa shape index (κ2) is 7.19. The average Bonchev–Trinajstić information content (AvgIpc) is 2.44. The molecule has 0 unspecified atom stereocenters. The van der Waals surface area contributed by atoms with E-state index in [1.54, 1.807) is 6.07 Å². The fraction of sp³-hybridized carbons (Fsp3) is 0.647. The number of aryl methyl sites for hydroxylation is 1. The van der Waals surface area contributed by atoms with Gasteiger partial charge in [0.25, 0.3) is 0 Å². The fourth-order valence-corrected chi connectivity index (χ4v) is 2.86. The largest absolute Gasteiger partial charge is 0.314 e. The van der Waals surface area contributed by atoms with Crippen molar-refractivity contribution in [1.29, 1.82) is 0 Å². The predicted molar refractivity (Wildman–Crippen MR) is 82.4 cm³/mol. The Labute approximate surface area is 122 Å². The molecule has 20 heavy (non-hydrogen) atoms. The summed E-state index contributed by atoms with van der Waals surface area (Å²) in [7, 11) is 0. The highest BCUT2D eigenvalue weighted by molar-refractivity contribution is 5.26. The molecule has 1 heterocycles. The number of rotatable bonds is 5. The van der Waals surface area contributed by atoms with Crippen LogP contribution in [-0.4, -0.2) is 31.1 Å². The first-order chi connectivity index (χ1) is 9.58. The lowest BCUT2D eigenvalue weighted by atomic mass is 9.95. The summed E-state index contributed by atoms with van der Waals surface area (Å²) in [4.78, 5) is 2.50. The van der Waals surface area contributed by atoms with Crippen LogP contribution in [0.15, 0.2) is 18.2 Å². The van der Waals surface area contributed by atoms with E-state index in [2.05, 4.69) is 30.1 Å². The van der Waals surface area contributed by atoms with Gasteiger partial charge in [-0.1, -0.05) is 26.0 Å². The second-order valence-corrected chi connectivity index (χ2v) is 6.28. The molecule has 3 heteroatoms. The molecule has 1 saturated heterocycles. The topological polar surface area (TPSA) is 15.3 Å². The van der Waals surface area contributed by atoms with Gasteiger partial charge in [-0.25, -0.2) is 4.39 Å². The number of benzene rings is 1. The highest BCUT2D eigenvalue weighted by Crippen LogP contribution is 2.28. The van der Waals surface area contributed by atoms with Gasteiger partial charge in [-0.15, -0.1) is 0 Å². The van der Waals surface area contributed by atoms with Gasteiger partial charge >= 0.3 is 0 Å². The maximum Gasteiger partial charge on any atom is 0.126 e. The molecule has 1 N–H and O–H groups in total. The summed E-state index contributed by atoms with van der Waals surface area (Å²) in [5.41, 5.74) is 1.87. The Balaban J connectivity index is 2.17. The molecule has 1 aromatic carbocycles. The van der Waals surface area contributed by atoms with E-state index >= 15 is 0 Å². The minimum Gasteiger partial charge on any atom is -0.314 e. The lowest BCUT2D eigenvalue weighted by Gasteiger charge is -2.35. The molecule has 1 atom stereocenters. The number of hydrogen-bond acceptors (Lipinski definition) is 2. The predicted octanol–water partition coefficient (Wildman–Crippen LogP) is 3.52. The smallest absolute Gasteiger partial charge is 0.126 e. The van der Waals surface area contributed by atoms with E-state index in [4.69, 9.17) is 0 Å². The zero-order chi connectivity index (χ0) is 14.5. The van der Waals surface area contributed by atoms with Gasteiger partial charge in [0.2, 0.25) is 0 Å². The van der Waals surface area contributed by atoms with Crippen LogP contribution < -0.4 is 5.32 Å². The molecular weight excluding hydrogens is 251 g/mol. The molecule has 112 valence electrons. The molecule has 0 radical (unpaired) electrons. The van der Waals surface area contributed by atoms with E-state index < -0.39 is 0 Å². The van der Waals surface area contributed by atoms with Gasteiger partial charge in [0, 0.05) is 32.2 Å². The summed E-state index contributed by atoms with van der Waals surface area (Å²) in [5.74, 6) is 0.614. The van der Waals surface area contributed by atoms with E-state index in [9.17, 15) is 4.39 Å². The zero-order valence-corrected chi connectivity index (χ0v) is 13.0. The Kier molecular flexibility index (Phi) is 5.55. The Morgan fingerprint density at radius 3 is 2.50 bits per heavy atom. The van der Waals surface area contributed by atoms with Crippen molar-refractivity contribution in [3.05, 3.63) is 35.1 Å². The third-order valence-corrected chi connectivity index (χ3v) is 4.19. The van der Waals surface area contributed by atoms with Crippen LogP contribution in [0.3, 0.4) is 0 Å². The van der Waals surface area contributed by atoms with E-state index in [1.807, 2.05) is 13.0 Å². The SMILES string of the molecule is Cc1ccc([C@@H](CCC(C)C)N2CCNCC2)cc1F. The lowest BCUT2D eigenvalue weighted by molar-refractivity contribution is 0.159. The zero-order valence-electron chi connectivity index (χ0n) is 13.0. The average molecular weight is 278 g/mol. The highest BCUT2D eigenvalue weighted by atomic mass is 19.1. The Bertz CT molecular complexity index is 425. The molecule has 0 aliphatic carbocycles. The molecule has 0 amide bonds. The van der Waals surface area contributed by atoms with Gasteiger partial charge in [0.1, 0.15) is 5.82 Å². The van der Waals surface area contributed by atoms with Gasteiger partial charge in [-0.05, 0) is 42.9 Å². The van der Waals surface area contributed by atoms with Crippen LogP contribution in [0.2, 0.25) is 0 Å². The van der Waals surface area contributed by atoms with E-state index in [0.29, 0.717) is 12.0 Å². The Morgan fingerprint density at radius 2 is 1.90 bits per heavy atom. The second-order valence-electron chi connectivity index (χ2n) is 6.28. The summed E-state index contributed by atoms with van der Waals surface area (Å²) in [6.45, 7) is 10.5. The summed E-state index contributed by atoms with van der Waals surface area (Å²) in [5, 5.41) is 3.39. The molecule has 1 aromatic rings. The number of nitrogens with zero attached hydrogens (tertiary/aromatic N) is 1. The third-order valence-electron chi connectivity index (χ3n) is 4.19. The quantitative estimate of drug-likeness (QED) is 0.886. The van der Waals surface area contributed by atoms with Gasteiger partial charge in [-0.3, -0.25) is 4.90 Å². The van der Waals surface area contributed by atoms with Gasteiger partial charge in [0.15, 0.2) is 0 Å². The van der Waals surface area contributed by atoms with Crippen LogP contribution in [0.4, 0.5) is 4.39 Å². The highest BCUT2D eigenvalue weighted by Gasteiger charge is 2.22. The van der Waals surface area contributed by atoms with Crippen molar-refractivity contribution in [2.24, 2.45) is 5.92 Å². The fourth-order valence-electron chi connectivity index (χ4n) is 2.86. The van der Waals surface area contributed by atoms with Crippen molar-refractivity contribution >= 4 is 0 Å². The minimum atomic E-state index is -0.0767. The molecule has 1 aliphatic heterocycles. The van der Waals surface area contributed by atoms with Crippen LogP contribution in [0.25, 0.3) is 0 Å². The first-order valence-corrected chi connectivity index (χ1v) is 7.78. The van der Waals surface area contributed by atoms with Crippen molar-refractivity contribution in [3.8, 4) is 0 Å². The number of piperazine rings is 1. The van der Waals surface area contributed by atoms with Crippen molar-refractivity contribution in [2.75, 3.05) is 26.2 Å². The summed E-state index contributed by atoms with van der Waals surface area (Å²) in [6.07, 6.45) is 2.30. The van der Waals surface area contributed by atoms with Crippen LogP contribution >= 0.6 is 0 Å². The van der Waals surface area contributed by atoms with Gasteiger partial charge < -0.3 is 5.32 Å². The van der Waals surface area contributed by atoms with Crippen LogP contribution in [0.1, 0.15) is 43.9 Å². The van der Waals surface area contributed by atoms with Gasteiger partial charge in [-0.2, -0.15) is 0 Å². The Morgan fingerprint density at radius 1 is 1.20 bits per heavy atom. The normalized spacial score (nSPS) is 18.4. The van der Waals surface area contributed by atoms with Crippen LogP contribution in [0.5, 0.6) is 0 Å². The van der Waals surface area contributed by atoms with Crippen molar-refractivity contribution in [2.45, 2.75) is 39.7 Å². The molecule has 2 nitrogen and oxygen atoms in total. The maximum absolute atomic E-state index is 13.9. The van der Waals surface area contributed by atoms with E-state index in [0.717, 1.165) is 43.7 Å². The molecule has 0 saturated carbocycles. The monoisotopic (exact) mass is 278 g/mol. The Hall–Kier alpha value is -0.930. The molecule has 2 rings (SSSR count). The number of nitrogens with one attached hydrogen (secondary N) is 1. The third kappa shape index (κ3) is 4.03. The number of hydrogen-bond donors (Lipinski definition) is 1. The molecular formula is C17H27FN2. The standard InChI is InChI=1S/C17H27FN2/c1-13(2)4-7-17(20-10-8-19-9-11-20)15-6-5-14(3)16(18)12-15/h5-6,12-13,17,19H,4,7-11H2,1-3H3/t17-/m1/s1. The summed E-state index contributed by atoms with van der Waals surface area (Å²) >= 11 is 0. The van der Waals surface area contributed by atoms with Crippen molar-refractivity contribution in [3.63, 3.8) is 0 Å². The van der Waals surface area contributed by atoms with E-state index in [1.165, 1.54) is 6.42 Å². The minimum absolute atomic E-state index is 0.0767. The number of halogens is 1. The van der Waals surface area contributed by atoms with E-state index in [-0.39, 0.29) is 5.82 Å². The van der Waals surface area contributed by atoms with Crippen LogP contribution in [0, 0.1) is 18.7 Å². The maximum atomic E-state index is 13.9. The lowest BCUT2D eigenvalue weighted by Crippen LogP contribution is -2.45. The van der Waals surface area contributed by atoms with Crippen molar-refractivity contribution in [1.82, 2.24) is 10.2 Å². The summed E-state index contributed by atoms with van der Waals surface area (Å²) in [6, 6.07) is 6.11. The van der Waals surface area contributed by atoms with Crippen LogP contribution in [-0.2, 0) is 0 Å². The molecule has 0 aromatic heterocycles.